The van der Waals surface area contributed by atoms with E-state index in [0.29, 0.717) is 5.56 Å². The molecule has 1 aromatic carbocycles. The Balaban J connectivity index is 3.10. The van der Waals surface area contributed by atoms with Crippen LogP contribution in [0.4, 0.5) is 8.78 Å². The lowest BCUT2D eigenvalue weighted by molar-refractivity contribution is -0.120. The molecule has 1 unspecified atom stereocenters. The topological polar surface area (TPSA) is 73.6 Å². The van der Waals surface area contributed by atoms with Crippen molar-refractivity contribution >= 4 is 5.91 Å². The van der Waals surface area contributed by atoms with Gasteiger partial charge in [-0.05, 0) is 31.7 Å². The minimum Gasteiger partial charge on any atom is -0.490 e. The van der Waals surface area contributed by atoms with Crippen LogP contribution >= 0.6 is 0 Å². The van der Waals surface area contributed by atoms with Crippen molar-refractivity contribution in [3.63, 3.8) is 0 Å². The van der Waals surface area contributed by atoms with E-state index in [1.165, 1.54) is 18.2 Å². The molecule has 106 valence electrons. The van der Waals surface area contributed by atoms with E-state index >= 15 is 0 Å². The Bertz CT molecular complexity index is 441. The number of primary amides is 1. The summed E-state index contributed by atoms with van der Waals surface area (Å²) in [6.45, 7) is -0.951. The standard InChI is InChI=1S/C12H16F2N2O3/c1-3-18-9-6-7(10(16-2)11(15)17)4-5-8(9)19-12(13)14/h4-6,10,12,16H,3H2,1-2H3,(H2,15,17). The largest absolute Gasteiger partial charge is 0.490 e. The van der Waals surface area contributed by atoms with Gasteiger partial charge in [-0.2, -0.15) is 8.78 Å². The van der Waals surface area contributed by atoms with Crippen molar-refractivity contribution in [2.45, 2.75) is 19.6 Å². The monoisotopic (exact) mass is 274 g/mol. The molecule has 0 aliphatic carbocycles. The van der Waals surface area contributed by atoms with Crippen molar-refractivity contribution in [2.75, 3.05) is 13.7 Å². The number of halogens is 2. The summed E-state index contributed by atoms with van der Waals surface area (Å²) in [7, 11) is 1.57. The summed E-state index contributed by atoms with van der Waals surface area (Å²) < 4.78 is 34.0. The number of nitrogens with two attached hydrogens (primary N) is 1. The highest BCUT2D eigenvalue weighted by molar-refractivity contribution is 5.81. The number of likely N-dealkylation sites (N-methyl/N-ethyl adjacent to an activating group) is 1. The zero-order chi connectivity index (χ0) is 14.4. The van der Waals surface area contributed by atoms with Crippen LogP contribution in [-0.4, -0.2) is 26.2 Å². The van der Waals surface area contributed by atoms with Crippen LogP contribution in [0.5, 0.6) is 11.5 Å². The van der Waals surface area contributed by atoms with E-state index in [9.17, 15) is 13.6 Å². The van der Waals surface area contributed by atoms with Crippen molar-refractivity contribution in [1.29, 1.82) is 0 Å². The molecule has 0 saturated heterocycles. The van der Waals surface area contributed by atoms with Gasteiger partial charge < -0.3 is 20.5 Å². The van der Waals surface area contributed by atoms with E-state index in [4.69, 9.17) is 10.5 Å². The zero-order valence-corrected chi connectivity index (χ0v) is 10.7. The highest BCUT2D eigenvalue weighted by atomic mass is 19.3. The summed E-state index contributed by atoms with van der Waals surface area (Å²) in [5.41, 5.74) is 5.74. The molecule has 1 rings (SSSR count). The summed E-state index contributed by atoms with van der Waals surface area (Å²) in [4.78, 5) is 11.2. The SMILES string of the molecule is CCOc1cc(C(NC)C(N)=O)ccc1OC(F)F. The Morgan fingerprint density at radius 1 is 1.42 bits per heavy atom. The fraction of sp³-hybridized carbons (Fsp3) is 0.417. The molecule has 0 bridgehead atoms. The molecule has 1 atom stereocenters. The number of benzene rings is 1. The first-order chi connectivity index (χ1) is 8.99. The third-order valence-corrected chi connectivity index (χ3v) is 2.39. The van der Waals surface area contributed by atoms with Gasteiger partial charge in [-0.3, -0.25) is 4.79 Å². The molecule has 3 N–H and O–H groups in total. The summed E-state index contributed by atoms with van der Waals surface area (Å²) >= 11 is 0. The average molecular weight is 274 g/mol. The van der Waals surface area contributed by atoms with E-state index in [1.54, 1.807) is 14.0 Å². The predicted octanol–water partition coefficient (Wildman–Crippen LogP) is 1.43. The molecule has 19 heavy (non-hydrogen) atoms. The quantitative estimate of drug-likeness (QED) is 0.789. The number of carbonyl (C=O) groups excluding carboxylic acids is 1. The van der Waals surface area contributed by atoms with Gasteiger partial charge >= 0.3 is 6.61 Å². The van der Waals surface area contributed by atoms with Gasteiger partial charge in [0.1, 0.15) is 6.04 Å². The van der Waals surface area contributed by atoms with Crippen LogP contribution in [0.1, 0.15) is 18.5 Å². The number of hydrogen-bond donors (Lipinski definition) is 2. The molecule has 1 amide bonds. The van der Waals surface area contributed by atoms with Gasteiger partial charge in [-0.15, -0.1) is 0 Å². The molecule has 0 spiro atoms. The highest BCUT2D eigenvalue weighted by Crippen LogP contribution is 2.31. The van der Waals surface area contributed by atoms with Crippen LogP contribution in [0.15, 0.2) is 18.2 Å². The lowest BCUT2D eigenvalue weighted by Gasteiger charge is -2.16. The van der Waals surface area contributed by atoms with Gasteiger partial charge in [0.2, 0.25) is 5.91 Å². The van der Waals surface area contributed by atoms with Crippen molar-refractivity contribution in [3.05, 3.63) is 23.8 Å². The molecule has 7 heteroatoms. The van der Waals surface area contributed by atoms with Crippen LogP contribution < -0.4 is 20.5 Å². The van der Waals surface area contributed by atoms with Crippen LogP contribution in [0.3, 0.4) is 0 Å². The van der Waals surface area contributed by atoms with Gasteiger partial charge in [0.05, 0.1) is 6.61 Å². The first-order valence-electron chi connectivity index (χ1n) is 5.67. The number of alkyl halides is 2. The molecule has 0 radical (unpaired) electrons. The minimum absolute atomic E-state index is 0.0834. The Morgan fingerprint density at radius 3 is 2.58 bits per heavy atom. The highest BCUT2D eigenvalue weighted by Gasteiger charge is 2.19. The number of carbonyl (C=O) groups is 1. The summed E-state index contributed by atoms with van der Waals surface area (Å²) in [6, 6.07) is 3.53. The van der Waals surface area contributed by atoms with Crippen molar-refractivity contribution in [3.8, 4) is 11.5 Å². The Kier molecular flexibility index (Phi) is 5.50. The molecule has 0 aliphatic heterocycles. The molecule has 0 heterocycles. The normalized spacial score (nSPS) is 12.3. The molecular formula is C12H16F2N2O3. The first kappa shape index (κ1) is 15.2. The van der Waals surface area contributed by atoms with Crippen molar-refractivity contribution < 1.29 is 23.0 Å². The second-order valence-corrected chi connectivity index (χ2v) is 3.64. The molecule has 0 aliphatic rings. The van der Waals surface area contributed by atoms with Crippen LogP contribution in [0.2, 0.25) is 0 Å². The fourth-order valence-electron chi connectivity index (χ4n) is 1.64. The summed E-state index contributed by atoms with van der Waals surface area (Å²) in [5, 5.41) is 2.73. The Hall–Kier alpha value is -1.89. The second-order valence-electron chi connectivity index (χ2n) is 3.64. The number of nitrogens with one attached hydrogen (secondary N) is 1. The van der Waals surface area contributed by atoms with E-state index in [-0.39, 0.29) is 18.1 Å². The summed E-state index contributed by atoms with van der Waals surface area (Å²) in [6.07, 6.45) is 0. The maximum Gasteiger partial charge on any atom is 0.387 e. The van der Waals surface area contributed by atoms with Crippen molar-refractivity contribution in [2.24, 2.45) is 5.73 Å². The first-order valence-corrected chi connectivity index (χ1v) is 5.67. The Morgan fingerprint density at radius 2 is 2.11 bits per heavy atom. The Labute approximate surface area is 109 Å². The molecule has 0 fully saturated rings. The van der Waals surface area contributed by atoms with E-state index in [0.717, 1.165) is 0 Å². The number of rotatable bonds is 7. The molecule has 0 saturated carbocycles. The molecule has 0 aromatic heterocycles. The van der Waals surface area contributed by atoms with Gasteiger partial charge in [0, 0.05) is 0 Å². The molecule has 1 aromatic rings. The van der Waals surface area contributed by atoms with Gasteiger partial charge in [-0.25, -0.2) is 0 Å². The van der Waals surface area contributed by atoms with E-state index in [2.05, 4.69) is 10.1 Å². The van der Waals surface area contributed by atoms with E-state index in [1.807, 2.05) is 0 Å². The smallest absolute Gasteiger partial charge is 0.387 e. The predicted molar refractivity (Wildman–Crippen MR) is 65.2 cm³/mol. The maximum absolute atomic E-state index is 12.2. The zero-order valence-electron chi connectivity index (χ0n) is 10.7. The fourth-order valence-corrected chi connectivity index (χ4v) is 1.64. The molecular weight excluding hydrogens is 258 g/mol. The van der Waals surface area contributed by atoms with Gasteiger partial charge in [0.15, 0.2) is 11.5 Å². The third kappa shape index (κ3) is 4.06. The number of ether oxygens (including phenoxy) is 2. The maximum atomic E-state index is 12.2. The van der Waals surface area contributed by atoms with Crippen LogP contribution in [0, 0.1) is 0 Å². The van der Waals surface area contributed by atoms with Gasteiger partial charge in [-0.1, -0.05) is 6.07 Å². The number of amides is 1. The average Bonchev–Trinajstić information content (AvgIpc) is 2.32. The number of hydrogen-bond acceptors (Lipinski definition) is 4. The van der Waals surface area contributed by atoms with Crippen LogP contribution in [0.25, 0.3) is 0 Å². The van der Waals surface area contributed by atoms with E-state index < -0.39 is 18.6 Å². The molecule has 5 nitrogen and oxygen atoms in total. The van der Waals surface area contributed by atoms with Crippen molar-refractivity contribution in [1.82, 2.24) is 5.32 Å². The minimum atomic E-state index is -2.94. The third-order valence-electron chi connectivity index (χ3n) is 2.39. The van der Waals surface area contributed by atoms with Crippen LogP contribution in [-0.2, 0) is 4.79 Å². The lowest BCUT2D eigenvalue weighted by Crippen LogP contribution is -2.31. The lowest BCUT2D eigenvalue weighted by atomic mass is 10.1. The van der Waals surface area contributed by atoms with Gasteiger partial charge in [0.25, 0.3) is 0 Å². The summed E-state index contributed by atoms with van der Waals surface area (Å²) in [5.74, 6) is -0.519. The second kappa shape index (κ2) is 6.89.